The number of ether oxygens (including phenoxy) is 1. The van der Waals surface area contributed by atoms with Gasteiger partial charge in [-0.3, -0.25) is 0 Å². The molecule has 3 aliphatic rings. The molecule has 6 atom stereocenters. The van der Waals surface area contributed by atoms with Gasteiger partial charge in [-0.25, -0.2) is 0 Å². The average Bonchev–Trinajstić information content (AvgIpc) is 3.06. The van der Waals surface area contributed by atoms with Crippen LogP contribution in [0, 0.1) is 17.8 Å². The predicted octanol–water partition coefficient (Wildman–Crippen LogP) is 2.72. The third-order valence-corrected chi connectivity index (χ3v) is 5.89. The van der Waals surface area contributed by atoms with Gasteiger partial charge in [-0.05, 0) is 49.9 Å². The Morgan fingerprint density at radius 2 is 2.00 bits per heavy atom. The highest BCUT2D eigenvalue weighted by Crippen LogP contribution is 2.44. The molecular formula is C17H31NO2. The van der Waals surface area contributed by atoms with Gasteiger partial charge in [0.1, 0.15) is 0 Å². The highest BCUT2D eigenvalue weighted by atomic mass is 16.5. The SMILES string of the molecule is CC1CCCCC1OCC(O)CNC1CC2CCC1C2. The van der Waals surface area contributed by atoms with E-state index in [0.29, 0.717) is 31.2 Å². The van der Waals surface area contributed by atoms with E-state index in [1.54, 1.807) is 0 Å². The largest absolute Gasteiger partial charge is 0.389 e. The van der Waals surface area contributed by atoms with E-state index in [4.69, 9.17) is 4.74 Å². The van der Waals surface area contributed by atoms with Crippen molar-refractivity contribution < 1.29 is 9.84 Å². The Morgan fingerprint density at radius 1 is 1.15 bits per heavy atom. The van der Waals surface area contributed by atoms with Gasteiger partial charge in [0.25, 0.3) is 0 Å². The van der Waals surface area contributed by atoms with Crippen LogP contribution in [-0.2, 0) is 4.74 Å². The van der Waals surface area contributed by atoms with Gasteiger partial charge in [0.2, 0.25) is 0 Å². The first-order valence-corrected chi connectivity index (χ1v) is 8.75. The van der Waals surface area contributed by atoms with Crippen molar-refractivity contribution in [3.8, 4) is 0 Å². The fourth-order valence-corrected chi connectivity index (χ4v) is 4.61. The molecule has 3 heteroatoms. The molecule has 2 bridgehead atoms. The molecule has 6 unspecified atom stereocenters. The first-order valence-electron chi connectivity index (χ1n) is 8.75. The number of hydrogen-bond acceptors (Lipinski definition) is 3. The molecule has 3 aliphatic carbocycles. The summed E-state index contributed by atoms with van der Waals surface area (Å²) in [6.07, 6.45) is 10.7. The quantitative estimate of drug-likeness (QED) is 0.786. The van der Waals surface area contributed by atoms with Gasteiger partial charge < -0.3 is 15.2 Å². The highest BCUT2D eigenvalue weighted by molar-refractivity contribution is 4.94. The maximum Gasteiger partial charge on any atom is 0.0897 e. The Labute approximate surface area is 123 Å². The van der Waals surface area contributed by atoms with Crippen molar-refractivity contribution in [1.29, 1.82) is 0 Å². The van der Waals surface area contributed by atoms with Crippen LogP contribution in [0.1, 0.15) is 58.3 Å². The fraction of sp³-hybridized carbons (Fsp3) is 1.00. The standard InChI is InChI=1S/C17H31NO2/c1-12-4-2-3-5-17(12)20-11-15(19)10-18-16-9-13-6-7-14(16)8-13/h12-19H,2-11H2,1H3. The minimum absolute atomic E-state index is 0.344. The third-order valence-electron chi connectivity index (χ3n) is 5.89. The van der Waals surface area contributed by atoms with Crippen LogP contribution in [0.25, 0.3) is 0 Å². The molecule has 3 saturated carbocycles. The van der Waals surface area contributed by atoms with Crippen molar-refractivity contribution in [2.75, 3.05) is 13.2 Å². The summed E-state index contributed by atoms with van der Waals surface area (Å²) in [5, 5.41) is 13.7. The van der Waals surface area contributed by atoms with Crippen molar-refractivity contribution in [2.24, 2.45) is 17.8 Å². The van der Waals surface area contributed by atoms with E-state index in [1.165, 1.54) is 51.4 Å². The summed E-state index contributed by atoms with van der Waals surface area (Å²) in [6, 6.07) is 0.664. The van der Waals surface area contributed by atoms with E-state index in [0.717, 1.165) is 11.8 Å². The molecule has 0 aliphatic heterocycles. The molecule has 0 radical (unpaired) electrons. The summed E-state index contributed by atoms with van der Waals surface area (Å²) in [5.41, 5.74) is 0. The second-order valence-electron chi connectivity index (χ2n) is 7.48. The molecule has 2 N–H and O–H groups in total. The number of hydrogen-bond donors (Lipinski definition) is 2. The topological polar surface area (TPSA) is 41.5 Å². The van der Waals surface area contributed by atoms with Crippen LogP contribution in [0.15, 0.2) is 0 Å². The molecular weight excluding hydrogens is 250 g/mol. The van der Waals surface area contributed by atoms with E-state index in [2.05, 4.69) is 12.2 Å². The summed E-state index contributed by atoms with van der Waals surface area (Å²) in [5.74, 6) is 2.51. The second-order valence-corrected chi connectivity index (χ2v) is 7.48. The monoisotopic (exact) mass is 281 g/mol. The molecule has 0 spiro atoms. The van der Waals surface area contributed by atoms with E-state index in [9.17, 15) is 5.11 Å². The van der Waals surface area contributed by atoms with Crippen molar-refractivity contribution in [1.82, 2.24) is 5.32 Å². The summed E-state index contributed by atoms with van der Waals surface area (Å²) >= 11 is 0. The van der Waals surface area contributed by atoms with Crippen molar-refractivity contribution >= 4 is 0 Å². The first-order chi connectivity index (χ1) is 9.72. The number of aliphatic hydroxyl groups excluding tert-OH is 1. The fourth-order valence-electron chi connectivity index (χ4n) is 4.61. The summed E-state index contributed by atoms with van der Waals surface area (Å²) < 4.78 is 5.94. The van der Waals surface area contributed by atoms with E-state index < -0.39 is 0 Å². The smallest absolute Gasteiger partial charge is 0.0897 e. The molecule has 20 heavy (non-hydrogen) atoms. The lowest BCUT2D eigenvalue weighted by Crippen LogP contribution is -2.41. The van der Waals surface area contributed by atoms with E-state index in [-0.39, 0.29) is 6.10 Å². The van der Waals surface area contributed by atoms with Crippen LogP contribution in [0.5, 0.6) is 0 Å². The van der Waals surface area contributed by atoms with Gasteiger partial charge in [0, 0.05) is 12.6 Å². The number of aliphatic hydroxyl groups is 1. The molecule has 0 aromatic heterocycles. The number of rotatable bonds is 6. The van der Waals surface area contributed by atoms with Crippen LogP contribution < -0.4 is 5.32 Å². The molecule has 0 aromatic carbocycles. The first kappa shape index (κ1) is 14.8. The third kappa shape index (κ3) is 3.55. The van der Waals surface area contributed by atoms with Crippen LogP contribution in [0.4, 0.5) is 0 Å². The Bertz CT molecular complexity index is 303. The second kappa shape index (κ2) is 6.76. The molecule has 0 aromatic rings. The van der Waals surface area contributed by atoms with Crippen molar-refractivity contribution in [3.63, 3.8) is 0 Å². The van der Waals surface area contributed by atoms with Gasteiger partial charge in [0.15, 0.2) is 0 Å². The zero-order chi connectivity index (χ0) is 13.9. The molecule has 3 nitrogen and oxygen atoms in total. The van der Waals surface area contributed by atoms with Crippen LogP contribution in [0.2, 0.25) is 0 Å². The van der Waals surface area contributed by atoms with Crippen molar-refractivity contribution in [2.45, 2.75) is 76.5 Å². The summed E-state index contributed by atoms with van der Waals surface area (Å²) in [7, 11) is 0. The minimum atomic E-state index is -0.344. The Hall–Kier alpha value is -0.120. The zero-order valence-electron chi connectivity index (χ0n) is 12.9. The van der Waals surface area contributed by atoms with Gasteiger partial charge in [-0.2, -0.15) is 0 Å². The zero-order valence-corrected chi connectivity index (χ0v) is 12.9. The minimum Gasteiger partial charge on any atom is -0.389 e. The number of fused-ring (bicyclic) bond motifs is 2. The van der Waals surface area contributed by atoms with Crippen molar-refractivity contribution in [3.05, 3.63) is 0 Å². The Balaban J connectivity index is 1.32. The average molecular weight is 281 g/mol. The molecule has 116 valence electrons. The molecule has 0 saturated heterocycles. The van der Waals surface area contributed by atoms with Crippen LogP contribution in [0.3, 0.4) is 0 Å². The summed E-state index contributed by atoms with van der Waals surface area (Å²) in [4.78, 5) is 0. The van der Waals surface area contributed by atoms with Gasteiger partial charge >= 0.3 is 0 Å². The molecule has 0 amide bonds. The Morgan fingerprint density at radius 3 is 2.70 bits per heavy atom. The van der Waals surface area contributed by atoms with Gasteiger partial charge in [-0.15, -0.1) is 0 Å². The lowest BCUT2D eigenvalue weighted by atomic mass is 9.88. The Kier molecular flexibility index (Phi) is 5.00. The lowest BCUT2D eigenvalue weighted by molar-refractivity contribution is -0.0459. The maximum atomic E-state index is 10.1. The van der Waals surface area contributed by atoms with Crippen LogP contribution in [-0.4, -0.2) is 36.5 Å². The maximum absolute atomic E-state index is 10.1. The normalized spacial score (nSPS) is 42.0. The van der Waals surface area contributed by atoms with E-state index in [1.807, 2.05) is 0 Å². The predicted molar refractivity (Wildman–Crippen MR) is 80.6 cm³/mol. The number of nitrogens with one attached hydrogen (secondary N) is 1. The highest BCUT2D eigenvalue weighted by Gasteiger charge is 2.39. The lowest BCUT2D eigenvalue weighted by Gasteiger charge is -2.30. The van der Waals surface area contributed by atoms with Gasteiger partial charge in [0.05, 0.1) is 18.8 Å². The molecule has 3 fully saturated rings. The summed E-state index contributed by atoms with van der Waals surface area (Å²) in [6.45, 7) is 3.49. The molecule has 3 rings (SSSR count). The van der Waals surface area contributed by atoms with E-state index >= 15 is 0 Å². The molecule has 0 heterocycles. The van der Waals surface area contributed by atoms with Gasteiger partial charge in [-0.1, -0.05) is 26.2 Å². The van der Waals surface area contributed by atoms with Crippen LogP contribution >= 0.6 is 0 Å².